The first-order chi connectivity index (χ1) is 8.13. The monoisotopic (exact) mass is 236 g/mol. The van der Waals surface area contributed by atoms with E-state index in [0.29, 0.717) is 5.82 Å². The summed E-state index contributed by atoms with van der Waals surface area (Å²) in [6.07, 6.45) is 2.59. The van der Waals surface area contributed by atoms with Crippen LogP contribution in [-0.4, -0.2) is 35.3 Å². The number of aromatic carboxylic acids is 1. The third kappa shape index (κ3) is 2.35. The fourth-order valence-electron chi connectivity index (χ4n) is 1.52. The molecule has 1 fully saturated rings. The second kappa shape index (κ2) is 4.40. The first-order valence-corrected chi connectivity index (χ1v) is 5.20. The maximum Gasteiger partial charge on any atom is 0.415 e. The van der Waals surface area contributed by atoms with Gasteiger partial charge in [-0.05, 0) is 25.0 Å². The summed E-state index contributed by atoms with van der Waals surface area (Å²) in [5.74, 6) is -0.621. The summed E-state index contributed by atoms with van der Waals surface area (Å²) >= 11 is 0. The molecule has 0 unspecified atom stereocenters. The maximum absolute atomic E-state index is 11.6. The molecule has 1 saturated carbocycles. The van der Waals surface area contributed by atoms with E-state index in [-0.39, 0.29) is 11.6 Å². The van der Waals surface area contributed by atoms with Gasteiger partial charge < -0.3 is 9.84 Å². The van der Waals surface area contributed by atoms with Gasteiger partial charge in [-0.25, -0.2) is 14.6 Å². The van der Waals surface area contributed by atoms with Crippen molar-refractivity contribution in [1.29, 1.82) is 0 Å². The summed E-state index contributed by atoms with van der Waals surface area (Å²) in [4.78, 5) is 27.7. The average molecular weight is 236 g/mol. The lowest BCUT2D eigenvalue weighted by atomic mass is 10.3. The van der Waals surface area contributed by atoms with Gasteiger partial charge in [-0.15, -0.1) is 0 Å². The Hall–Kier alpha value is -2.11. The van der Waals surface area contributed by atoms with Crippen LogP contribution in [-0.2, 0) is 4.74 Å². The quantitative estimate of drug-likeness (QED) is 0.860. The highest BCUT2D eigenvalue weighted by Crippen LogP contribution is 2.31. The molecular weight excluding hydrogens is 224 g/mol. The van der Waals surface area contributed by atoms with Crippen molar-refractivity contribution in [1.82, 2.24) is 4.98 Å². The number of carbonyl (C=O) groups is 2. The van der Waals surface area contributed by atoms with Gasteiger partial charge in [-0.3, -0.25) is 4.90 Å². The van der Waals surface area contributed by atoms with Crippen LogP contribution in [0.25, 0.3) is 0 Å². The molecule has 0 bridgehead atoms. The lowest BCUT2D eigenvalue weighted by Gasteiger charge is -2.19. The summed E-state index contributed by atoms with van der Waals surface area (Å²) in [7, 11) is 1.31. The summed E-state index contributed by atoms with van der Waals surface area (Å²) < 4.78 is 4.68. The van der Waals surface area contributed by atoms with E-state index in [1.165, 1.54) is 30.3 Å². The summed E-state index contributed by atoms with van der Waals surface area (Å²) in [6.45, 7) is 0. The Labute approximate surface area is 97.8 Å². The van der Waals surface area contributed by atoms with E-state index in [1.807, 2.05) is 0 Å². The Morgan fingerprint density at radius 3 is 2.59 bits per heavy atom. The van der Waals surface area contributed by atoms with Crippen molar-refractivity contribution in [3.05, 3.63) is 23.9 Å². The normalized spacial score (nSPS) is 14.2. The molecule has 1 heterocycles. The van der Waals surface area contributed by atoms with Crippen LogP contribution in [0.15, 0.2) is 18.3 Å². The average Bonchev–Trinajstić information content (AvgIpc) is 3.14. The first kappa shape index (κ1) is 11.4. The van der Waals surface area contributed by atoms with Gasteiger partial charge in [0.05, 0.1) is 12.7 Å². The van der Waals surface area contributed by atoms with E-state index in [0.717, 1.165) is 12.8 Å². The Morgan fingerprint density at radius 1 is 1.47 bits per heavy atom. The molecule has 1 aliphatic carbocycles. The minimum absolute atomic E-state index is 0.0920. The highest BCUT2D eigenvalue weighted by Gasteiger charge is 2.35. The van der Waals surface area contributed by atoms with E-state index in [4.69, 9.17) is 5.11 Å². The van der Waals surface area contributed by atoms with E-state index < -0.39 is 12.1 Å². The standard InChI is InChI=1S/C11H12N2O4/c1-17-11(16)13(8-3-4-8)9-5-2-7(6-12-9)10(14)15/h2,5-6,8H,3-4H2,1H3,(H,14,15). The molecule has 0 aromatic carbocycles. The van der Waals surface area contributed by atoms with Gasteiger partial charge in [0.1, 0.15) is 5.82 Å². The lowest BCUT2D eigenvalue weighted by molar-refractivity contribution is 0.0696. The number of ether oxygens (including phenoxy) is 1. The molecule has 0 radical (unpaired) electrons. The number of carboxylic acids is 1. The van der Waals surface area contributed by atoms with Crippen LogP contribution >= 0.6 is 0 Å². The minimum Gasteiger partial charge on any atom is -0.478 e. The number of methoxy groups -OCH3 is 1. The molecule has 0 spiro atoms. The van der Waals surface area contributed by atoms with Crippen molar-refractivity contribution in [2.45, 2.75) is 18.9 Å². The fraction of sp³-hybridized carbons (Fsp3) is 0.364. The number of amides is 1. The van der Waals surface area contributed by atoms with Crippen LogP contribution in [0.1, 0.15) is 23.2 Å². The number of anilines is 1. The number of hydrogen-bond donors (Lipinski definition) is 1. The highest BCUT2D eigenvalue weighted by molar-refractivity contribution is 5.90. The zero-order valence-electron chi connectivity index (χ0n) is 9.29. The second-order valence-electron chi connectivity index (χ2n) is 3.78. The molecule has 1 aromatic rings. The van der Waals surface area contributed by atoms with Crippen LogP contribution in [0.5, 0.6) is 0 Å². The Balaban J connectivity index is 2.24. The SMILES string of the molecule is COC(=O)N(c1ccc(C(=O)O)cn1)C1CC1. The molecule has 0 aliphatic heterocycles. The number of nitrogens with zero attached hydrogens (tertiary/aromatic N) is 2. The summed E-state index contributed by atoms with van der Waals surface area (Å²) in [6, 6.07) is 3.05. The van der Waals surface area contributed by atoms with Gasteiger partial charge in [-0.1, -0.05) is 0 Å². The lowest BCUT2D eigenvalue weighted by Crippen LogP contribution is -2.33. The number of hydrogen-bond acceptors (Lipinski definition) is 4. The van der Waals surface area contributed by atoms with Gasteiger partial charge >= 0.3 is 12.1 Å². The van der Waals surface area contributed by atoms with Crippen molar-refractivity contribution in [3.8, 4) is 0 Å². The molecule has 1 N–H and O–H groups in total. The van der Waals surface area contributed by atoms with Gasteiger partial charge in [0, 0.05) is 12.2 Å². The summed E-state index contributed by atoms with van der Waals surface area (Å²) in [5.41, 5.74) is 0.0920. The van der Waals surface area contributed by atoms with E-state index in [2.05, 4.69) is 9.72 Å². The zero-order valence-corrected chi connectivity index (χ0v) is 9.29. The number of carbonyl (C=O) groups excluding carboxylic acids is 1. The van der Waals surface area contributed by atoms with Crippen molar-refractivity contribution < 1.29 is 19.4 Å². The molecular formula is C11H12N2O4. The summed E-state index contributed by atoms with van der Waals surface area (Å²) in [5, 5.41) is 8.75. The number of pyridine rings is 1. The minimum atomic E-state index is -1.04. The van der Waals surface area contributed by atoms with Gasteiger partial charge in [0.25, 0.3) is 0 Å². The predicted octanol–water partition coefficient (Wildman–Crippen LogP) is 1.51. The Bertz CT molecular complexity index is 439. The van der Waals surface area contributed by atoms with E-state index >= 15 is 0 Å². The number of aromatic nitrogens is 1. The van der Waals surface area contributed by atoms with Crippen LogP contribution in [0.2, 0.25) is 0 Å². The van der Waals surface area contributed by atoms with Crippen molar-refractivity contribution in [2.24, 2.45) is 0 Å². The molecule has 6 heteroatoms. The molecule has 90 valence electrons. The smallest absolute Gasteiger partial charge is 0.415 e. The third-order valence-corrected chi connectivity index (χ3v) is 2.52. The molecule has 1 aliphatic rings. The van der Waals surface area contributed by atoms with Crippen LogP contribution in [0, 0.1) is 0 Å². The molecule has 6 nitrogen and oxygen atoms in total. The van der Waals surface area contributed by atoms with Crippen molar-refractivity contribution >= 4 is 17.9 Å². The topological polar surface area (TPSA) is 79.7 Å². The van der Waals surface area contributed by atoms with Gasteiger partial charge in [-0.2, -0.15) is 0 Å². The van der Waals surface area contributed by atoms with E-state index in [9.17, 15) is 9.59 Å². The highest BCUT2D eigenvalue weighted by atomic mass is 16.5. The van der Waals surface area contributed by atoms with Crippen LogP contribution in [0.4, 0.5) is 10.6 Å². The van der Waals surface area contributed by atoms with Crippen molar-refractivity contribution in [2.75, 3.05) is 12.0 Å². The number of carboxylic acid groups (broad SMARTS) is 1. The zero-order chi connectivity index (χ0) is 12.4. The third-order valence-electron chi connectivity index (χ3n) is 2.52. The molecule has 17 heavy (non-hydrogen) atoms. The molecule has 0 atom stereocenters. The Kier molecular flexibility index (Phi) is 2.95. The Morgan fingerprint density at radius 2 is 2.18 bits per heavy atom. The maximum atomic E-state index is 11.6. The number of rotatable bonds is 3. The van der Waals surface area contributed by atoms with Crippen LogP contribution < -0.4 is 4.90 Å². The van der Waals surface area contributed by atoms with Crippen molar-refractivity contribution in [3.63, 3.8) is 0 Å². The molecule has 0 saturated heterocycles. The molecule has 1 aromatic heterocycles. The fourth-order valence-corrected chi connectivity index (χ4v) is 1.52. The first-order valence-electron chi connectivity index (χ1n) is 5.20. The van der Waals surface area contributed by atoms with Crippen LogP contribution in [0.3, 0.4) is 0 Å². The van der Waals surface area contributed by atoms with Gasteiger partial charge in [0.15, 0.2) is 0 Å². The second-order valence-corrected chi connectivity index (χ2v) is 3.78. The molecule has 2 rings (SSSR count). The van der Waals surface area contributed by atoms with Gasteiger partial charge in [0.2, 0.25) is 0 Å². The largest absolute Gasteiger partial charge is 0.478 e. The molecule has 1 amide bonds. The predicted molar refractivity (Wildman–Crippen MR) is 59.1 cm³/mol. The van der Waals surface area contributed by atoms with E-state index in [1.54, 1.807) is 0 Å².